The molecule has 0 aromatic rings. The largest absolute Gasteiger partial charge is 0.505 e. The van der Waals surface area contributed by atoms with Crippen molar-refractivity contribution in [1.29, 1.82) is 5.26 Å². The Kier molecular flexibility index (Phi) is 5.16. The lowest BCUT2D eigenvalue weighted by Gasteiger charge is -1.96. The molecule has 0 aliphatic heterocycles. The van der Waals surface area contributed by atoms with Gasteiger partial charge in [0, 0.05) is 6.42 Å². The summed E-state index contributed by atoms with van der Waals surface area (Å²) in [7, 11) is 0. The lowest BCUT2D eigenvalue weighted by Crippen LogP contribution is -2.01. The minimum atomic E-state index is -1.25. The minimum absolute atomic E-state index is 0.191. The van der Waals surface area contributed by atoms with Gasteiger partial charge in [-0.15, -0.1) is 0 Å². The summed E-state index contributed by atoms with van der Waals surface area (Å²) >= 11 is 0. The van der Waals surface area contributed by atoms with Gasteiger partial charge in [0.05, 0.1) is 12.7 Å². The van der Waals surface area contributed by atoms with Crippen molar-refractivity contribution < 1.29 is 14.6 Å². The summed E-state index contributed by atoms with van der Waals surface area (Å²) in [5.74, 6) is 0. The van der Waals surface area contributed by atoms with E-state index < -0.39 is 6.16 Å². The number of carbonyl (C=O) groups is 1. The van der Waals surface area contributed by atoms with E-state index in [0.717, 1.165) is 0 Å². The van der Waals surface area contributed by atoms with E-state index in [9.17, 15) is 4.79 Å². The summed E-state index contributed by atoms with van der Waals surface area (Å²) in [6, 6.07) is 1.95. The van der Waals surface area contributed by atoms with Gasteiger partial charge in [-0.1, -0.05) is 0 Å². The third kappa shape index (κ3) is 6.76. The zero-order chi connectivity index (χ0) is 7.82. The van der Waals surface area contributed by atoms with Crippen LogP contribution in [-0.2, 0) is 4.74 Å². The van der Waals surface area contributed by atoms with E-state index in [0.29, 0.717) is 19.3 Å². The lowest BCUT2D eigenvalue weighted by atomic mass is 10.3. The van der Waals surface area contributed by atoms with Crippen molar-refractivity contribution in [1.82, 2.24) is 0 Å². The number of ether oxygens (including phenoxy) is 1. The maximum atomic E-state index is 9.74. The highest BCUT2D eigenvalue weighted by Gasteiger charge is 1.93. The van der Waals surface area contributed by atoms with Crippen LogP contribution in [0, 0.1) is 11.3 Å². The average molecular weight is 143 g/mol. The molecule has 0 atom stereocenters. The Morgan fingerprint density at radius 3 is 2.80 bits per heavy atom. The summed E-state index contributed by atoms with van der Waals surface area (Å²) in [4.78, 5) is 9.74. The van der Waals surface area contributed by atoms with E-state index in [1.54, 1.807) is 0 Å². The first-order valence-electron chi connectivity index (χ1n) is 3.00. The standard InChI is InChI=1S/C6H9NO3/c7-4-2-1-3-5-10-6(8)9/h1-3,5H2,(H,8,9). The van der Waals surface area contributed by atoms with Gasteiger partial charge in [-0.25, -0.2) is 4.79 Å². The van der Waals surface area contributed by atoms with E-state index >= 15 is 0 Å². The quantitative estimate of drug-likeness (QED) is 0.476. The van der Waals surface area contributed by atoms with Crippen LogP contribution < -0.4 is 0 Å². The lowest BCUT2D eigenvalue weighted by molar-refractivity contribution is 0.0902. The molecule has 0 unspecified atom stereocenters. The summed E-state index contributed by atoms with van der Waals surface area (Å²) in [5, 5.41) is 16.1. The van der Waals surface area contributed by atoms with Gasteiger partial charge in [-0.3, -0.25) is 0 Å². The molecular formula is C6H9NO3. The second-order valence-electron chi connectivity index (χ2n) is 1.73. The van der Waals surface area contributed by atoms with Crippen LogP contribution in [0.4, 0.5) is 4.79 Å². The van der Waals surface area contributed by atoms with Crippen LogP contribution >= 0.6 is 0 Å². The molecule has 0 spiro atoms. The van der Waals surface area contributed by atoms with Crippen molar-refractivity contribution in [2.75, 3.05) is 6.61 Å². The molecule has 4 heteroatoms. The summed E-state index contributed by atoms with van der Waals surface area (Å²) in [6.45, 7) is 0.191. The number of hydrogen-bond donors (Lipinski definition) is 1. The van der Waals surface area contributed by atoms with Gasteiger partial charge in [0.25, 0.3) is 0 Å². The van der Waals surface area contributed by atoms with Crippen LogP contribution in [0.3, 0.4) is 0 Å². The maximum Gasteiger partial charge on any atom is 0.505 e. The second kappa shape index (κ2) is 5.89. The first-order chi connectivity index (χ1) is 4.77. The van der Waals surface area contributed by atoms with E-state index in [1.165, 1.54) is 0 Å². The Morgan fingerprint density at radius 1 is 1.60 bits per heavy atom. The van der Waals surface area contributed by atoms with E-state index in [-0.39, 0.29) is 6.61 Å². The molecule has 56 valence electrons. The van der Waals surface area contributed by atoms with Crippen LogP contribution in [0.15, 0.2) is 0 Å². The van der Waals surface area contributed by atoms with Gasteiger partial charge in [0.1, 0.15) is 0 Å². The van der Waals surface area contributed by atoms with E-state index in [1.807, 2.05) is 6.07 Å². The molecule has 0 radical (unpaired) electrons. The molecule has 0 saturated carbocycles. The SMILES string of the molecule is N#CCCCCOC(=O)O. The molecule has 0 bridgehead atoms. The second-order valence-corrected chi connectivity index (χ2v) is 1.73. The number of rotatable bonds is 4. The zero-order valence-electron chi connectivity index (χ0n) is 5.54. The van der Waals surface area contributed by atoms with Gasteiger partial charge in [-0.05, 0) is 12.8 Å². The van der Waals surface area contributed by atoms with Gasteiger partial charge in [0.15, 0.2) is 0 Å². The van der Waals surface area contributed by atoms with Crippen LogP contribution in [0.5, 0.6) is 0 Å². The molecule has 0 aromatic heterocycles. The molecule has 1 N–H and O–H groups in total. The predicted octanol–water partition coefficient (Wildman–Crippen LogP) is 1.37. The Morgan fingerprint density at radius 2 is 2.30 bits per heavy atom. The molecule has 0 rings (SSSR count). The highest BCUT2D eigenvalue weighted by atomic mass is 16.7. The molecule has 0 fully saturated rings. The molecule has 0 aromatic carbocycles. The van der Waals surface area contributed by atoms with Crippen molar-refractivity contribution in [3.63, 3.8) is 0 Å². The third-order valence-corrected chi connectivity index (χ3v) is 0.908. The van der Waals surface area contributed by atoms with Crippen molar-refractivity contribution in [2.24, 2.45) is 0 Å². The fourth-order valence-electron chi connectivity index (χ4n) is 0.466. The smallest absolute Gasteiger partial charge is 0.450 e. The van der Waals surface area contributed by atoms with Crippen molar-refractivity contribution in [3.8, 4) is 6.07 Å². The first-order valence-corrected chi connectivity index (χ1v) is 3.00. The van der Waals surface area contributed by atoms with Crippen LogP contribution in [0.1, 0.15) is 19.3 Å². The Labute approximate surface area is 59.0 Å². The van der Waals surface area contributed by atoms with Gasteiger partial charge in [0.2, 0.25) is 0 Å². The fourth-order valence-corrected chi connectivity index (χ4v) is 0.466. The number of unbranched alkanes of at least 4 members (excludes halogenated alkanes) is 2. The number of carboxylic acid groups (broad SMARTS) is 1. The predicted molar refractivity (Wildman–Crippen MR) is 33.4 cm³/mol. The monoisotopic (exact) mass is 143 g/mol. The molecule has 10 heavy (non-hydrogen) atoms. The van der Waals surface area contributed by atoms with Crippen LogP contribution in [-0.4, -0.2) is 17.9 Å². The molecule has 0 heterocycles. The Balaban J connectivity index is 2.92. The van der Waals surface area contributed by atoms with Gasteiger partial charge >= 0.3 is 6.16 Å². The third-order valence-electron chi connectivity index (χ3n) is 0.908. The summed E-state index contributed by atoms with van der Waals surface area (Å²) in [5.41, 5.74) is 0. The van der Waals surface area contributed by atoms with Crippen molar-refractivity contribution in [2.45, 2.75) is 19.3 Å². The highest BCUT2D eigenvalue weighted by molar-refractivity contribution is 5.56. The Hall–Kier alpha value is -1.24. The van der Waals surface area contributed by atoms with Crippen molar-refractivity contribution in [3.05, 3.63) is 0 Å². The molecule has 0 aliphatic rings. The number of hydrogen-bond acceptors (Lipinski definition) is 3. The summed E-state index contributed by atoms with van der Waals surface area (Å²) in [6.07, 6.45) is 0.532. The molecule has 0 amide bonds. The van der Waals surface area contributed by atoms with Crippen molar-refractivity contribution >= 4 is 6.16 Å². The molecule has 4 nitrogen and oxygen atoms in total. The molecule has 0 aliphatic carbocycles. The fraction of sp³-hybridized carbons (Fsp3) is 0.667. The normalized spacial score (nSPS) is 8.30. The minimum Gasteiger partial charge on any atom is -0.450 e. The number of nitrogens with zero attached hydrogens (tertiary/aromatic N) is 1. The summed E-state index contributed by atoms with van der Waals surface area (Å²) < 4.78 is 4.20. The average Bonchev–Trinajstić information content (AvgIpc) is 1.87. The first kappa shape index (κ1) is 8.76. The molecular weight excluding hydrogens is 134 g/mol. The van der Waals surface area contributed by atoms with Crippen LogP contribution in [0.2, 0.25) is 0 Å². The highest BCUT2D eigenvalue weighted by Crippen LogP contribution is 1.93. The number of nitriles is 1. The maximum absolute atomic E-state index is 9.74. The Bertz CT molecular complexity index is 138. The van der Waals surface area contributed by atoms with Crippen LogP contribution in [0.25, 0.3) is 0 Å². The topological polar surface area (TPSA) is 70.3 Å². The van der Waals surface area contributed by atoms with E-state index in [4.69, 9.17) is 10.4 Å². The van der Waals surface area contributed by atoms with Gasteiger partial charge < -0.3 is 9.84 Å². The zero-order valence-corrected chi connectivity index (χ0v) is 5.54. The molecule has 0 saturated heterocycles. The van der Waals surface area contributed by atoms with E-state index in [2.05, 4.69) is 4.74 Å². The van der Waals surface area contributed by atoms with Gasteiger partial charge in [-0.2, -0.15) is 5.26 Å².